The van der Waals surface area contributed by atoms with Gasteiger partial charge < -0.3 is 10.8 Å². The van der Waals surface area contributed by atoms with Gasteiger partial charge in [-0.2, -0.15) is 5.10 Å². The van der Waals surface area contributed by atoms with E-state index in [9.17, 15) is 4.79 Å². The van der Waals surface area contributed by atoms with E-state index in [-0.39, 0.29) is 5.92 Å². The molecule has 1 rings (SSSR count). The lowest BCUT2D eigenvalue weighted by Gasteiger charge is -2.14. The van der Waals surface area contributed by atoms with E-state index >= 15 is 0 Å². The molecule has 15 heavy (non-hydrogen) atoms. The Morgan fingerprint density at radius 2 is 2.33 bits per heavy atom. The van der Waals surface area contributed by atoms with Gasteiger partial charge in [-0.15, -0.1) is 0 Å². The first-order valence-electron chi connectivity index (χ1n) is 4.64. The van der Waals surface area contributed by atoms with Crippen LogP contribution in [0.4, 0.5) is 5.82 Å². The first kappa shape index (κ1) is 12.0. The highest BCUT2D eigenvalue weighted by atomic mass is 79.9. The van der Waals surface area contributed by atoms with Gasteiger partial charge in [-0.05, 0) is 28.3 Å². The summed E-state index contributed by atoms with van der Waals surface area (Å²) >= 11 is 3.20. The molecule has 0 saturated carbocycles. The SMILES string of the molecule is CC(C)CC(C(=O)O)n1cc(Br)c(N)n1. The van der Waals surface area contributed by atoms with Crippen LogP contribution in [0.5, 0.6) is 0 Å². The molecule has 84 valence electrons. The zero-order valence-electron chi connectivity index (χ0n) is 8.64. The van der Waals surface area contributed by atoms with Crippen molar-refractivity contribution in [1.82, 2.24) is 9.78 Å². The fraction of sp³-hybridized carbons (Fsp3) is 0.556. The molecule has 0 spiro atoms. The molecule has 1 aromatic heterocycles. The fourth-order valence-corrected chi connectivity index (χ4v) is 1.60. The van der Waals surface area contributed by atoms with Gasteiger partial charge in [0.25, 0.3) is 0 Å². The Balaban J connectivity index is 2.94. The number of hydrogen-bond acceptors (Lipinski definition) is 3. The zero-order chi connectivity index (χ0) is 11.6. The van der Waals surface area contributed by atoms with Crippen LogP contribution in [0.2, 0.25) is 0 Å². The summed E-state index contributed by atoms with van der Waals surface area (Å²) in [6.45, 7) is 3.94. The summed E-state index contributed by atoms with van der Waals surface area (Å²) in [5.74, 6) is -0.293. The van der Waals surface area contributed by atoms with Crippen LogP contribution < -0.4 is 5.73 Å². The van der Waals surface area contributed by atoms with Crippen LogP contribution in [0.1, 0.15) is 26.3 Å². The van der Waals surface area contributed by atoms with Crippen molar-refractivity contribution in [3.63, 3.8) is 0 Å². The normalized spacial score (nSPS) is 13.1. The molecule has 0 aromatic carbocycles. The summed E-state index contributed by atoms with van der Waals surface area (Å²) in [6.07, 6.45) is 2.12. The molecule has 1 aromatic rings. The number of nitrogen functional groups attached to an aromatic ring is 1. The van der Waals surface area contributed by atoms with Gasteiger partial charge in [0, 0.05) is 6.20 Å². The Kier molecular flexibility index (Phi) is 3.73. The lowest BCUT2D eigenvalue weighted by atomic mass is 10.0. The average Bonchev–Trinajstić information content (AvgIpc) is 2.42. The second-order valence-corrected chi connectivity index (χ2v) is 4.68. The zero-order valence-corrected chi connectivity index (χ0v) is 10.2. The second-order valence-electron chi connectivity index (χ2n) is 3.83. The van der Waals surface area contributed by atoms with Gasteiger partial charge in [-0.1, -0.05) is 13.8 Å². The van der Waals surface area contributed by atoms with E-state index in [1.807, 2.05) is 13.8 Å². The number of aromatic nitrogens is 2. The Bertz CT molecular complexity index is 343. The molecule has 5 nitrogen and oxygen atoms in total. The quantitative estimate of drug-likeness (QED) is 0.880. The maximum Gasteiger partial charge on any atom is 0.328 e. The van der Waals surface area contributed by atoms with Crippen LogP contribution in [0.3, 0.4) is 0 Å². The van der Waals surface area contributed by atoms with Crippen LogP contribution in [0, 0.1) is 5.92 Å². The topological polar surface area (TPSA) is 81.1 Å². The number of halogens is 1. The van der Waals surface area contributed by atoms with Crippen molar-refractivity contribution in [2.75, 3.05) is 5.73 Å². The Morgan fingerprint density at radius 1 is 1.73 bits per heavy atom. The van der Waals surface area contributed by atoms with Crippen molar-refractivity contribution in [1.29, 1.82) is 0 Å². The van der Waals surface area contributed by atoms with E-state index in [4.69, 9.17) is 10.8 Å². The molecule has 0 bridgehead atoms. The lowest BCUT2D eigenvalue weighted by Crippen LogP contribution is -2.21. The highest BCUT2D eigenvalue weighted by Gasteiger charge is 2.22. The third-order valence-electron chi connectivity index (χ3n) is 2.01. The molecular weight excluding hydrogens is 262 g/mol. The number of aliphatic carboxylic acids is 1. The molecule has 0 saturated heterocycles. The molecule has 0 amide bonds. The molecule has 1 unspecified atom stereocenters. The lowest BCUT2D eigenvalue weighted by molar-refractivity contribution is -0.141. The molecular formula is C9H14BrN3O2. The minimum atomic E-state index is -0.890. The second kappa shape index (κ2) is 4.65. The van der Waals surface area contributed by atoms with E-state index in [1.54, 1.807) is 6.20 Å². The van der Waals surface area contributed by atoms with Gasteiger partial charge in [-0.25, -0.2) is 4.79 Å². The molecule has 0 aliphatic carbocycles. The van der Waals surface area contributed by atoms with Crippen LogP contribution in [0.15, 0.2) is 10.7 Å². The Hall–Kier alpha value is -1.04. The summed E-state index contributed by atoms with van der Waals surface area (Å²) in [6, 6.07) is -0.654. The first-order chi connectivity index (χ1) is 6.91. The van der Waals surface area contributed by atoms with E-state index in [2.05, 4.69) is 21.0 Å². The van der Waals surface area contributed by atoms with Crippen LogP contribution in [-0.2, 0) is 4.79 Å². The Labute approximate surface area is 96.4 Å². The summed E-state index contributed by atoms with van der Waals surface area (Å²) < 4.78 is 2.01. The van der Waals surface area contributed by atoms with Gasteiger partial charge in [0.15, 0.2) is 5.82 Å². The minimum absolute atomic E-state index is 0.287. The third-order valence-corrected chi connectivity index (χ3v) is 2.62. The van der Waals surface area contributed by atoms with Crippen molar-refractivity contribution in [2.24, 2.45) is 5.92 Å². The molecule has 0 fully saturated rings. The number of anilines is 1. The van der Waals surface area contributed by atoms with Crippen LogP contribution >= 0.6 is 15.9 Å². The smallest absolute Gasteiger partial charge is 0.328 e. The average molecular weight is 276 g/mol. The van der Waals surface area contributed by atoms with Crippen molar-refractivity contribution >= 4 is 27.7 Å². The molecule has 1 heterocycles. The van der Waals surface area contributed by atoms with E-state index in [0.717, 1.165) is 0 Å². The third kappa shape index (κ3) is 2.95. The highest BCUT2D eigenvalue weighted by molar-refractivity contribution is 9.10. The molecule has 0 radical (unpaired) electrons. The van der Waals surface area contributed by atoms with Gasteiger partial charge in [0.2, 0.25) is 0 Å². The van der Waals surface area contributed by atoms with Gasteiger partial charge >= 0.3 is 5.97 Å². The van der Waals surface area contributed by atoms with Crippen LogP contribution in [0.25, 0.3) is 0 Å². The molecule has 6 heteroatoms. The van der Waals surface area contributed by atoms with Gasteiger partial charge in [0.05, 0.1) is 4.47 Å². The van der Waals surface area contributed by atoms with Gasteiger partial charge in [0.1, 0.15) is 6.04 Å². The number of hydrogen-bond donors (Lipinski definition) is 2. The molecule has 0 aliphatic rings. The van der Waals surface area contributed by atoms with E-state index < -0.39 is 12.0 Å². The van der Waals surface area contributed by atoms with Gasteiger partial charge in [-0.3, -0.25) is 4.68 Å². The highest BCUT2D eigenvalue weighted by Crippen LogP contribution is 2.23. The predicted molar refractivity (Wildman–Crippen MR) is 60.5 cm³/mol. The maximum absolute atomic E-state index is 11.0. The first-order valence-corrected chi connectivity index (χ1v) is 5.44. The number of rotatable bonds is 4. The summed E-state index contributed by atoms with van der Waals surface area (Å²) in [7, 11) is 0. The van der Waals surface area contributed by atoms with E-state index in [0.29, 0.717) is 16.7 Å². The van der Waals surface area contributed by atoms with Crippen LogP contribution in [-0.4, -0.2) is 20.9 Å². The minimum Gasteiger partial charge on any atom is -0.480 e. The van der Waals surface area contributed by atoms with Crippen molar-refractivity contribution < 1.29 is 9.90 Å². The summed E-state index contributed by atoms with van der Waals surface area (Å²) in [4.78, 5) is 11.0. The monoisotopic (exact) mass is 275 g/mol. The standard InChI is InChI=1S/C9H14BrN3O2/c1-5(2)3-7(9(14)15)13-4-6(10)8(11)12-13/h4-5,7H,3H2,1-2H3,(H2,11,12)(H,14,15). The largest absolute Gasteiger partial charge is 0.480 e. The number of carbonyl (C=O) groups is 1. The van der Waals surface area contributed by atoms with Crippen molar-refractivity contribution in [2.45, 2.75) is 26.3 Å². The summed E-state index contributed by atoms with van der Waals surface area (Å²) in [5, 5.41) is 13.0. The number of carboxylic acid groups (broad SMARTS) is 1. The van der Waals surface area contributed by atoms with Crippen molar-refractivity contribution in [3.8, 4) is 0 Å². The number of carboxylic acids is 1. The molecule has 0 aliphatic heterocycles. The maximum atomic E-state index is 11.0. The molecule has 3 N–H and O–H groups in total. The predicted octanol–water partition coefficient (Wildman–Crippen LogP) is 1.90. The Morgan fingerprint density at radius 3 is 2.67 bits per heavy atom. The fourth-order valence-electron chi connectivity index (χ4n) is 1.31. The van der Waals surface area contributed by atoms with E-state index in [1.165, 1.54) is 4.68 Å². The molecule has 1 atom stereocenters. The summed E-state index contributed by atoms with van der Waals surface area (Å²) in [5.41, 5.74) is 5.54. The number of nitrogens with two attached hydrogens (primary N) is 1. The van der Waals surface area contributed by atoms with Crippen molar-refractivity contribution in [3.05, 3.63) is 10.7 Å². The number of nitrogens with zero attached hydrogens (tertiary/aromatic N) is 2.